The van der Waals surface area contributed by atoms with E-state index >= 15 is 0 Å². The van der Waals surface area contributed by atoms with Crippen LogP contribution < -0.4 is 10.2 Å². The third-order valence-corrected chi connectivity index (χ3v) is 4.24. The molecule has 1 amide bonds. The number of aromatic nitrogens is 1. The summed E-state index contributed by atoms with van der Waals surface area (Å²) in [5.74, 6) is 0.607. The molecule has 0 radical (unpaired) electrons. The molecular weight excluding hydrogens is 300 g/mol. The van der Waals surface area contributed by atoms with E-state index in [0.29, 0.717) is 35.2 Å². The van der Waals surface area contributed by atoms with Crippen molar-refractivity contribution in [3.8, 4) is 6.07 Å². The van der Waals surface area contributed by atoms with Crippen molar-refractivity contribution in [1.82, 2.24) is 10.3 Å². The average Bonchev–Trinajstić information content (AvgIpc) is 2.32. The summed E-state index contributed by atoms with van der Waals surface area (Å²) in [6, 6.07) is 2.17. The van der Waals surface area contributed by atoms with Gasteiger partial charge in [-0.2, -0.15) is 5.26 Å². The quantitative estimate of drug-likeness (QED) is 0.909. The number of carbonyl (C=O) groups excluding carboxylic acids is 1. The van der Waals surface area contributed by atoms with Gasteiger partial charge in [-0.05, 0) is 40.2 Å². The van der Waals surface area contributed by atoms with Crippen molar-refractivity contribution < 1.29 is 4.79 Å². The number of anilines is 1. The highest BCUT2D eigenvalue weighted by Gasteiger charge is 2.36. The van der Waals surface area contributed by atoms with Crippen LogP contribution in [0.1, 0.15) is 37.6 Å². The van der Waals surface area contributed by atoms with Crippen LogP contribution in [0, 0.1) is 31.1 Å². The van der Waals surface area contributed by atoms with Gasteiger partial charge in [-0.1, -0.05) is 11.6 Å². The van der Waals surface area contributed by atoms with Crippen LogP contribution in [0.15, 0.2) is 0 Å². The molecule has 1 aromatic rings. The Balaban J connectivity index is 2.15. The van der Waals surface area contributed by atoms with Gasteiger partial charge in [0, 0.05) is 18.6 Å². The molecule has 0 spiro atoms. The second-order valence-electron chi connectivity index (χ2n) is 6.79. The highest BCUT2D eigenvalue weighted by Crippen LogP contribution is 2.32. The van der Waals surface area contributed by atoms with E-state index in [1.807, 2.05) is 39.5 Å². The molecule has 2 heterocycles. The number of pyridine rings is 1. The molecule has 0 bridgehead atoms. The highest BCUT2D eigenvalue weighted by atomic mass is 35.5. The zero-order valence-electron chi connectivity index (χ0n) is 13.6. The van der Waals surface area contributed by atoms with Crippen molar-refractivity contribution in [2.45, 2.75) is 40.2 Å². The maximum atomic E-state index is 12.1. The van der Waals surface area contributed by atoms with Crippen molar-refractivity contribution in [3.63, 3.8) is 0 Å². The molecule has 0 aliphatic carbocycles. The van der Waals surface area contributed by atoms with Gasteiger partial charge >= 0.3 is 0 Å². The Bertz CT molecular complexity index is 652. The Morgan fingerprint density at radius 2 is 2.00 bits per heavy atom. The summed E-state index contributed by atoms with van der Waals surface area (Å²) < 4.78 is 0. The van der Waals surface area contributed by atoms with Crippen LogP contribution in [-0.4, -0.2) is 29.5 Å². The monoisotopic (exact) mass is 320 g/mol. The Morgan fingerprint density at radius 1 is 1.41 bits per heavy atom. The summed E-state index contributed by atoms with van der Waals surface area (Å²) in [5.41, 5.74) is 1.70. The predicted molar refractivity (Wildman–Crippen MR) is 87.0 cm³/mol. The van der Waals surface area contributed by atoms with Crippen molar-refractivity contribution in [3.05, 3.63) is 21.8 Å². The molecule has 22 heavy (non-hydrogen) atoms. The summed E-state index contributed by atoms with van der Waals surface area (Å²) in [6.07, 6.45) is 0. The largest absolute Gasteiger partial charge is 0.354 e. The van der Waals surface area contributed by atoms with Gasteiger partial charge < -0.3 is 10.2 Å². The zero-order valence-corrected chi connectivity index (χ0v) is 14.4. The third kappa shape index (κ3) is 3.17. The minimum absolute atomic E-state index is 0.0460. The minimum Gasteiger partial charge on any atom is -0.354 e. The number of nitrogens with one attached hydrogen (secondary N) is 1. The van der Waals surface area contributed by atoms with Gasteiger partial charge in [-0.25, -0.2) is 4.98 Å². The molecule has 0 saturated carbocycles. The molecule has 1 aliphatic rings. The van der Waals surface area contributed by atoms with E-state index in [0.717, 1.165) is 5.56 Å². The van der Waals surface area contributed by atoms with E-state index in [-0.39, 0.29) is 17.4 Å². The first-order chi connectivity index (χ1) is 10.1. The van der Waals surface area contributed by atoms with Crippen molar-refractivity contribution in [2.24, 2.45) is 5.92 Å². The second kappa shape index (κ2) is 5.77. The number of carbonyl (C=O) groups is 1. The van der Waals surface area contributed by atoms with Crippen molar-refractivity contribution >= 4 is 23.3 Å². The Hall–Kier alpha value is -1.80. The summed E-state index contributed by atoms with van der Waals surface area (Å²) in [5, 5.41) is 12.9. The number of nitriles is 1. The van der Waals surface area contributed by atoms with Gasteiger partial charge in [0.25, 0.3) is 0 Å². The summed E-state index contributed by atoms with van der Waals surface area (Å²) in [4.78, 5) is 18.5. The van der Waals surface area contributed by atoms with Crippen LogP contribution in [0.3, 0.4) is 0 Å². The van der Waals surface area contributed by atoms with Gasteiger partial charge in [-0.15, -0.1) is 0 Å². The number of halogens is 1. The molecule has 5 nitrogen and oxygen atoms in total. The smallest absolute Gasteiger partial charge is 0.227 e. The molecule has 1 aromatic heterocycles. The maximum Gasteiger partial charge on any atom is 0.227 e. The number of rotatable bonds is 2. The third-order valence-electron chi connectivity index (χ3n) is 3.68. The molecular formula is C16H21ClN4O. The van der Waals surface area contributed by atoms with E-state index < -0.39 is 0 Å². The minimum atomic E-state index is -0.235. The lowest BCUT2D eigenvalue weighted by atomic mass is 9.96. The first kappa shape index (κ1) is 16.6. The van der Waals surface area contributed by atoms with E-state index in [1.54, 1.807) is 0 Å². The van der Waals surface area contributed by atoms with Gasteiger partial charge in [-0.3, -0.25) is 4.79 Å². The zero-order chi connectivity index (χ0) is 16.7. The van der Waals surface area contributed by atoms with Crippen LogP contribution >= 0.6 is 11.6 Å². The molecule has 0 unspecified atom stereocenters. The van der Waals surface area contributed by atoms with Gasteiger partial charge in [0.2, 0.25) is 5.91 Å². The molecule has 1 saturated heterocycles. The molecule has 6 heteroatoms. The Morgan fingerprint density at radius 3 is 2.50 bits per heavy atom. The first-order valence-corrected chi connectivity index (χ1v) is 7.65. The van der Waals surface area contributed by atoms with Gasteiger partial charge in [0.15, 0.2) is 0 Å². The fourth-order valence-electron chi connectivity index (χ4n) is 2.46. The van der Waals surface area contributed by atoms with Crippen molar-refractivity contribution in [1.29, 1.82) is 5.26 Å². The van der Waals surface area contributed by atoms with Crippen LogP contribution in [0.4, 0.5) is 5.82 Å². The van der Waals surface area contributed by atoms with Crippen molar-refractivity contribution in [2.75, 3.05) is 18.0 Å². The molecule has 118 valence electrons. The molecule has 1 N–H and O–H groups in total. The van der Waals surface area contributed by atoms with Crippen LogP contribution in [-0.2, 0) is 4.79 Å². The Labute approximate surface area is 136 Å². The molecule has 1 fully saturated rings. The fraction of sp³-hybridized carbons (Fsp3) is 0.562. The molecule has 0 aromatic carbocycles. The SMILES string of the molecule is Cc1nc(N2CC(C(=O)NC(C)(C)C)C2)c(C#N)c(C)c1Cl. The predicted octanol–water partition coefficient (Wildman–Crippen LogP) is 2.57. The topological polar surface area (TPSA) is 69.0 Å². The number of hydrogen-bond acceptors (Lipinski definition) is 4. The Kier molecular flexibility index (Phi) is 4.35. The lowest BCUT2D eigenvalue weighted by Gasteiger charge is -2.41. The average molecular weight is 321 g/mol. The summed E-state index contributed by atoms with van der Waals surface area (Å²) in [7, 11) is 0. The molecule has 0 atom stereocenters. The standard InChI is InChI=1S/C16H21ClN4O/c1-9-12(6-18)14(19-10(2)13(9)17)21-7-11(8-21)15(22)20-16(3,4)5/h11H,7-8H2,1-5H3,(H,20,22). The first-order valence-electron chi connectivity index (χ1n) is 7.28. The van der Waals surface area contributed by atoms with Gasteiger partial charge in [0.05, 0.1) is 22.2 Å². The van der Waals surface area contributed by atoms with Crippen LogP contribution in [0.2, 0.25) is 5.02 Å². The van der Waals surface area contributed by atoms with E-state index in [4.69, 9.17) is 11.6 Å². The number of aryl methyl sites for hydroxylation is 1. The maximum absolute atomic E-state index is 12.1. The van der Waals surface area contributed by atoms with Gasteiger partial charge in [0.1, 0.15) is 11.9 Å². The highest BCUT2D eigenvalue weighted by molar-refractivity contribution is 6.32. The number of hydrogen-bond donors (Lipinski definition) is 1. The second-order valence-corrected chi connectivity index (χ2v) is 7.17. The van der Waals surface area contributed by atoms with E-state index in [1.165, 1.54) is 0 Å². The molecule has 1 aliphatic heterocycles. The van der Waals surface area contributed by atoms with E-state index in [2.05, 4.69) is 16.4 Å². The number of amides is 1. The summed E-state index contributed by atoms with van der Waals surface area (Å²) in [6.45, 7) is 10.7. The fourth-order valence-corrected chi connectivity index (χ4v) is 2.60. The molecule has 2 rings (SSSR count). The normalized spacial score (nSPS) is 15.2. The summed E-state index contributed by atoms with van der Waals surface area (Å²) >= 11 is 6.15. The van der Waals surface area contributed by atoms with Crippen LogP contribution in [0.5, 0.6) is 0 Å². The van der Waals surface area contributed by atoms with E-state index in [9.17, 15) is 10.1 Å². The van der Waals surface area contributed by atoms with Crippen LogP contribution in [0.25, 0.3) is 0 Å². The number of nitrogens with zero attached hydrogens (tertiary/aromatic N) is 3. The lowest BCUT2D eigenvalue weighted by Crippen LogP contribution is -2.57. The lowest BCUT2D eigenvalue weighted by molar-refractivity contribution is -0.127.